The highest BCUT2D eigenvalue weighted by atomic mass is 15.2. The van der Waals surface area contributed by atoms with E-state index >= 15 is 0 Å². The first-order chi connectivity index (χ1) is 9.83. The Kier molecular flexibility index (Phi) is 3.91. The molecule has 1 saturated heterocycles. The number of aryl methyl sites for hydroxylation is 1. The van der Waals surface area contributed by atoms with Crippen molar-refractivity contribution in [3.05, 3.63) is 59.7 Å². The quantitative estimate of drug-likeness (QED) is 0.892. The van der Waals surface area contributed by atoms with Crippen LogP contribution in [0.2, 0.25) is 0 Å². The van der Waals surface area contributed by atoms with Crippen molar-refractivity contribution in [3.63, 3.8) is 0 Å². The van der Waals surface area contributed by atoms with Crippen molar-refractivity contribution < 1.29 is 0 Å². The second-order valence-corrected chi connectivity index (χ2v) is 5.55. The van der Waals surface area contributed by atoms with Gasteiger partial charge in [0.2, 0.25) is 0 Å². The largest absolute Gasteiger partial charge is 0.379 e. The standard InChI is InChI=1S/C18H22N2/c1-15-8-10-16(11-9-15)14-19-17-6-2-3-7-18(17)20-12-4-5-13-20/h2-3,6-11,19H,4-5,12-14H2,1H3. The van der Waals surface area contributed by atoms with Crippen LogP contribution in [0.15, 0.2) is 48.5 Å². The Morgan fingerprint density at radius 1 is 0.950 bits per heavy atom. The van der Waals surface area contributed by atoms with Crippen molar-refractivity contribution in [2.24, 2.45) is 0 Å². The fraction of sp³-hybridized carbons (Fsp3) is 0.333. The summed E-state index contributed by atoms with van der Waals surface area (Å²) in [5, 5.41) is 3.58. The van der Waals surface area contributed by atoms with Crippen LogP contribution < -0.4 is 10.2 Å². The number of benzene rings is 2. The van der Waals surface area contributed by atoms with Crippen LogP contribution in [-0.2, 0) is 6.54 Å². The predicted octanol–water partition coefficient (Wildman–Crippen LogP) is 4.21. The zero-order valence-electron chi connectivity index (χ0n) is 12.1. The minimum absolute atomic E-state index is 0.880. The average molecular weight is 266 g/mol. The average Bonchev–Trinajstić information content (AvgIpc) is 3.01. The summed E-state index contributed by atoms with van der Waals surface area (Å²) in [6.45, 7) is 5.37. The molecule has 2 aromatic rings. The van der Waals surface area contributed by atoms with Crippen LogP contribution in [0.25, 0.3) is 0 Å². The maximum absolute atomic E-state index is 3.58. The molecule has 0 amide bonds. The van der Waals surface area contributed by atoms with Crippen molar-refractivity contribution >= 4 is 11.4 Å². The maximum Gasteiger partial charge on any atom is 0.0602 e. The SMILES string of the molecule is Cc1ccc(CNc2ccccc2N2CCCC2)cc1. The third kappa shape index (κ3) is 2.96. The van der Waals surface area contributed by atoms with Crippen molar-refractivity contribution in [2.45, 2.75) is 26.3 Å². The minimum atomic E-state index is 0.880. The summed E-state index contributed by atoms with van der Waals surface area (Å²) < 4.78 is 0. The number of anilines is 2. The molecule has 3 rings (SSSR count). The van der Waals surface area contributed by atoms with Gasteiger partial charge < -0.3 is 10.2 Å². The van der Waals surface area contributed by atoms with E-state index in [0.29, 0.717) is 0 Å². The lowest BCUT2D eigenvalue weighted by Crippen LogP contribution is -2.19. The molecule has 2 heteroatoms. The number of nitrogens with zero attached hydrogens (tertiary/aromatic N) is 1. The van der Waals surface area contributed by atoms with Gasteiger partial charge in [0.1, 0.15) is 0 Å². The molecule has 1 heterocycles. The summed E-state index contributed by atoms with van der Waals surface area (Å²) in [4.78, 5) is 2.48. The summed E-state index contributed by atoms with van der Waals surface area (Å²) in [5.41, 5.74) is 5.23. The molecule has 20 heavy (non-hydrogen) atoms. The molecule has 104 valence electrons. The van der Waals surface area contributed by atoms with Gasteiger partial charge in [0.05, 0.1) is 11.4 Å². The molecule has 0 saturated carbocycles. The molecule has 2 nitrogen and oxygen atoms in total. The summed E-state index contributed by atoms with van der Waals surface area (Å²) >= 11 is 0. The summed E-state index contributed by atoms with van der Waals surface area (Å²) in [5.74, 6) is 0. The van der Waals surface area contributed by atoms with Crippen LogP contribution >= 0.6 is 0 Å². The van der Waals surface area contributed by atoms with E-state index in [-0.39, 0.29) is 0 Å². The van der Waals surface area contributed by atoms with Crippen LogP contribution in [0, 0.1) is 6.92 Å². The molecule has 0 aliphatic carbocycles. The Bertz CT molecular complexity index is 554. The van der Waals surface area contributed by atoms with Gasteiger partial charge in [-0.05, 0) is 37.5 Å². The van der Waals surface area contributed by atoms with E-state index < -0.39 is 0 Å². The lowest BCUT2D eigenvalue weighted by Gasteiger charge is -2.22. The van der Waals surface area contributed by atoms with E-state index in [1.807, 2.05) is 0 Å². The van der Waals surface area contributed by atoms with E-state index in [1.165, 1.54) is 48.4 Å². The number of hydrogen-bond acceptors (Lipinski definition) is 2. The highest BCUT2D eigenvalue weighted by Crippen LogP contribution is 2.28. The van der Waals surface area contributed by atoms with Crippen molar-refractivity contribution in [2.75, 3.05) is 23.3 Å². The smallest absolute Gasteiger partial charge is 0.0602 e. The first-order valence-electron chi connectivity index (χ1n) is 7.46. The van der Waals surface area contributed by atoms with Crippen LogP contribution in [-0.4, -0.2) is 13.1 Å². The van der Waals surface area contributed by atoms with E-state index in [4.69, 9.17) is 0 Å². The fourth-order valence-corrected chi connectivity index (χ4v) is 2.76. The summed E-state index contributed by atoms with van der Waals surface area (Å²) in [7, 11) is 0. The Morgan fingerprint density at radius 2 is 1.65 bits per heavy atom. The predicted molar refractivity (Wildman–Crippen MR) is 86.4 cm³/mol. The Morgan fingerprint density at radius 3 is 2.40 bits per heavy atom. The topological polar surface area (TPSA) is 15.3 Å². The van der Waals surface area contributed by atoms with Gasteiger partial charge in [-0.3, -0.25) is 0 Å². The van der Waals surface area contributed by atoms with Gasteiger partial charge in [-0.25, -0.2) is 0 Å². The summed E-state index contributed by atoms with van der Waals surface area (Å²) in [6.07, 6.45) is 2.62. The van der Waals surface area contributed by atoms with Crippen molar-refractivity contribution in [1.82, 2.24) is 0 Å². The normalized spacial score (nSPS) is 14.6. The zero-order chi connectivity index (χ0) is 13.8. The molecule has 1 N–H and O–H groups in total. The molecule has 0 atom stereocenters. The van der Waals surface area contributed by atoms with Gasteiger partial charge >= 0.3 is 0 Å². The summed E-state index contributed by atoms with van der Waals surface area (Å²) in [6, 6.07) is 17.4. The van der Waals surface area contributed by atoms with E-state index in [1.54, 1.807) is 0 Å². The van der Waals surface area contributed by atoms with Crippen LogP contribution in [0.5, 0.6) is 0 Å². The van der Waals surface area contributed by atoms with Gasteiger partial charge in [-0.1, -0.05) is 42.0 Å². The molecule has 1 aliphatic heterocycles. The molecule has 1 aliphatic rings. The van der Waals surface area contributed by atoms with Crippen LogP contribution in [0.1, 0.15) is 24.0 Å². The Hall–Kier alpha value is -1.96. The van der Waals surface area contributed by atoms with Crippen molar-refractivity contribution in [1.29, 1.82) is 0 Å². The molecule has 0 spiro atoms. The monoisotopic (exact) mass is 266 g/mol. The zero-order valence-corrected chi connectivity index (χ0v) is 12.1. The van der Waals surface area contributed by atoms with E-state index in [9.17, 15) is 0 Å². The molecule has 0 unspecified atom stereocenters. The highest BCUT2D eigenvalue weighted by Gasteiger charge is 2.14. The van der Waals surface area contributed by atoms with Crippen LogP contribution in [0.4, 0.5) is 11.4 Å². The second-order valence-electron chi connectivity index (χ2n) is 5.55. The molecule has 0 aromatic heterocycles. The maximum atomic E-state index is 3.58. The second kappa shape index (κ2) is 6.00. The number of para-hydroxylation sites is 2. The Labute approximate surface area is 121 Å². The molecule has 0 bridgehead atoms. The van der Waals surface area contributed by atoms with Gasteiger partial charge in [-0.15, -0.1) is 0 Å². The molecule has 0 radical (unpaired) electrons. The van der Waals surface area contributed by atoms with Gasteiger partial charge in [0, 0.05) is 19.6 Å². The number of nitrogens with one attached hydrogen (secondary N) is 1. The number of rotatable bonds is 4. The first-order valence-corrected chi connectivity index (χ1v) is 7.46. The van der Waals surface area contributed by atoms with Crippen LogP contribution in [0.3, 0.4) is 0 Å². The van der Waals surface area contributed by atoms with E-state index in [0.717, 1.165) is 6.54 Å². The first kappa shape index (κ1) is 13.0. The molecule has 1 fully saturated rings. The molecular formula is C18H22N2. The van der Waals surface area contributed by atoms with Gasteiger partial charge in [0.25, 0.3) is 0 Å². The minimum Gasteiger partial charge on any atom is -0.379 e. The van der Waals surface area contributed by atoms with Crippen molar-refractivity contribution in [3.8, 4) is 0 Å². The van der Waals surface area contributed by atoms with Gasteiger partial charge in [-0.2, -0.15) is 0 Å². The third-order valence-corrected chi connectivity index (χ3v) is 3.95. The highest BCUT2D eigenvalue weighted by molar-refractivity contribution is 5.70. The fourth-order valence-electron chi connectivity index (χ4n) is 2.76. The molecular weight excluding hydrogens is 244 g/mol. The molecule has 2 aromatic carbocycles. The number of hydrogen-bond donors (Lipinski definition) is 1. The lowest BCUT2D eigenvalue weighted by atomic mass is 10.1. The Balaban J connectivity index is 1.72. The van der Waals surface area contributed by atoms with Gasteiger partial charge in [0.15, 0.2) is 0 Å². The lowest BCUT2D eigenvalue weighted by molar-refractivity contribution is 0.949. The third-order valence-electron chi connectivity index (χ3n) is 3.95. The van der Waals surface area contributed by atoms with E-state index in [2.05, 4.69) is 65.7 Å².